The lowest BCUT2D eigenvalue weighted by molar-refractivity contribution is -0.0177. The second-order valence-electron chi connectivity index (χ2n) is 18.1. The van der Waals surface area contributed by atoms with Crippen molar-refractivity contribution in [1.82, 2.24) is 30.2 Å². The van der Waals surface area contributed by atoms with E-state index in [1.165, 1.54) is 84.2 Å². The molecule has 6 atom stereocenters. The summed E-state index contributed by atoms with van der Waals surface area (Å²) in [6.07, 6.45) is 7.11. The van der Waals surface area contributed by atoms with Crippen LogP contribution in [0.5, 0.6) is 0 Å². The minimum Gasteiger partial charge on any atom is -0.379 e. The van der Waals surface area contributed by atoms with Crippen molar-refractivity contribution < 1.29 is 9.47 Å². The van der Waals surface area contributed by atoms with Crippen LogP contribution in [-0.4, -0.2) is 149 Å². The zero-order chi connectivity index (χ0) is 38.6. The van der Waals surface area contributed by atoms with Gasteiger partial charge in [-0.2, -0.15) is 0 Å². The van der Waals surface area contributed by atoms with Gasteiger partial charge in [-0.15, -0.1) is 0 Å². The molecule has 11 rings (SSSR count). The van der Waals surface area contributed by atoms with Gasteiger partial charge < -0.3 is 39.7 Å². The number of aliphatic imine (C=N–C) groups is 2. The standard InChI is InChI=1S/C46H62N10O2/c1-51-42(40-14-18-55(37-5-3-2-4-6-37)44(40)50-46(51)54-21-25-58-26-22-54)34-12-16-52(30-34)31-36-28-35(36)27-32-7-9-38(10-8-32)56-17-13-39-41(33-11-15-47-29-33)48-45(49-43(39)56)53-19-23-57-24-20-53/h2-10,33-36,45-48H,11-31H2,1H3/t33?,34?,35?,36-,45?,46?/m1/s1. The molecule has 0 aromatic heterocycles. The molecule has 9 aliphatic rings. The molecule has 7 fully saturated rings. The molecule has 0 spiro atoms. The Morgan fingerprint density at radius 2 is 1.41 bits per heavy atom. The summed E-state index contributed by atoms with van der Waals surface area (Å²) in [5.74, 6) is 5.08. The zero-order valence-electron chi connectivity index (χ0n) is 34.4. The van der Waals surface area contributed by atoms with Crippen molar-refractivity contribution in [2.45, 2.75) is 51.1 Å². The van der Waals surface area contributed by atoms with Gasteiger partial charge in [-0.3, -0.25) is 9.80 Å². The molecule has 0 bridgehead atoms. The van der Waals surface area contributed by atoms with Gasteiger partial charge >= 0.3 is 0 Å². The van der Waals surface area contributed by atoms with Crippen LogP contribution in [0.2, 0.25) is 0 Å². The number of anilines is 2. The second kappa shape index (κ2) is 16.0. The van der Waals surface area contributed by atoms with E-state index in [2.05, 4.69) is 102 Å². The minimum atomic E-state index is -0.0113. The van der Waals surface area contributed by atoms with Gasteiger partial charge in [0.05, 0.1) is 26.4 Å². The average Bonchev–Trinajstić information content (AvgIpc) is 3.85. The number of rotatable bonds is 10. The number of morpholine rings is 2. The van der Waals surface area contributed by atoms with E-state index < -0.39 is 0 Å². The molecule has 2 aromatic rings. The fraction of sp³-hybridized carbons (Fsp3) is 0.609. The fourth-order valence-electron chi connectivity index (χ4n) is 11.4. The number of amidine groups is 2. The van der Waals surface area contributed by atoms with Gasteiger partial charge in [-0.05, 0) is 93.3 Å². The van der Waals surface area contributed by atoms with Crippen molar-refractivity contribution in [2.24, 2.45) is 33.7 Å². The first-order chi connectivity index (χ1) is 28.6. The predicted molar refractivity (Wildman–Crippen MR) is 230 cm³/mol. The van der Waals surface area contributed by atoms with Crippen molar-refractivity contribution >= 4 is 23.0 Å². The molecular weight excluding hydrogens is 725 g/mol. The molecule has 58 heavy (non-hydrogen) atoms. The first kappa shape index (κ1) is 37.2. The van der Waals surface area contributed by atoms with Crippen molar-refractivity contribution in [3.05, 3.63) is 82.7 Å². The Balaban J connectivity index is 0.737. The number of hydrogen-bond donors (Lipinski definition) is 2. The largest absolute Gasteiger partial charge is 0.379 e. The Morgan fingerprint density at radius 3 is 2.16 bits per heavy atom. The number of hydrogen-bond acceptors (Lipinski definition) is 12. The number of benzene rings is 2. The van der Waals surface area contributed by atoms with Crippen LogP contribution in [0.15, 0.2) is 87.1 Å². The molecule has 1 saturated carbocycles. The predicted octanol–water partition coefficient (Wildman–Crippen LogP) is 4.00. The van der Waals surface area contributed by atoms with Gasteiger partial charge in [0.2, 0.25) is 0 Å². The summed E-state index contributed by atoms with van der Waals surface area (Å²) >= 11 is 0. The normalized spacial score (nSPS) is 32.1. The number of fused-ring (bicyclic) bond motifs is 2. The summed E-state index contributed by atoms with van der Waals surface area (Å²) in [6.45, 7) is 14.6. The maximum absolute atomic E-state index is 5.76. The van der Waals surface area contributed by atoms with Gasteiger partial charge in [-0.25, -0.2) is 9.98 Å². The molecule has 2 aromatic carbocycles. The van der Waals surface area contributed by atoms with Gasteiger partial charge in [0.15, 0.2) is 12.6 Å². The second-order valence-corrected chi connectivity index (χ2v) is 18.1. The molecule has 308 valence electrons. The number of nitrogens with one attached hydrogen (secondary N) is 2. The Bertz CT molecular complexity index is 1930. The monoisotopic (exact) mass is 787 g/mol. The van der Waals surface area contributed by atoms with Crippen LogP contribution in [0.25, 0.3) is 0 Å². The highest BCUT2D eigenvalue weighted by molar-refractivity contribution is 6.13. The number of para-hydroxylation sites is 1. The molecule has 8 heterocycles. The fourth-order valence-corrected chi connectivity index (χ4v) is 11.4. The van der Waals surface area contributed by atoms with Crippen molar-refractivity contribution in [2.75, 3.05) is 115 Å². The smallest absolute Gasteiger partial charge is 0.180 e. The number of ether oxygens (including phenoxy) is 2. The van der Waals surface area contributed by atoms with E-state index in [-0.39, 0.29) is 12.6 Å². The lowest BCUT2D eigenvalue weighted by Crippen LogP contribution is -2.53. The Labute approximate surface area is 344 Å². The van der Waals surface area contributed by atoms with E-state index in [1.54, 1.807) is 5.70 Å². The van der Waals surface area contributed by atoms with Crippen molar-refractivity contribution in [3.63, 3.8) is 0 Å². The summed E-state index contributed by atoms with van der Waals surface area (Å²) in [4.78, 5) is 26.1. The number of nitrogens with zero attached hydrogens (tertiary/aromatic N) is 8. The molecule has 5 unspecified atom stereocenters. The van der Waals surface area contributed by atoms with Crippen LogP contribution < -0.4 is 20.4 Å². The van der Waals surface area contributed by atoms with Gasteiger partial charge in [-0.1, -0.05) is 30.3 Å². The van der Waals surface area contributed by atoms with E-state index in [9.17, 15) is 0 Å². The molecule has 6 saturated heterocycles. The summed E-state index contributed by atoms with van der Waals surface area (Å²) in [5, 5.41) is 7.50. The molecular formula is C46H62N10O2. The van der Waals surface area contributed by atoms with Gasteiger partial charge in [0.25, 0.3) is 0 Å². The molecule has 1 aliphatic carbocycles. The van der Waals surface area contributed by atoms with Crippen molar-refractivity contribution in [1.29, 1.82) is 0 Å². The highest BCUT2D eigenvalue weighted by atomic mass is 16.5. The van der Waals surface area contributed by atoms with E-state index in [0.717, 1.165) is 110 Å². The van der Waals surface area contributed by atoms with E-state index >= 15 is 0 Å². The summed E-state index contributed by atoms with van der Waals surface area (Å²) < 4.78 is 11.5. The van der Waals surface area contributed by atoms with Crippen LogP contribution in [0.3, 0.4) is 0 Å². The third-order valence-corrected chi connectivity index (χ3v) is 14.6. The Kier molecular flexibility index (Phi) is 10.3. The quantitative estimate of drug-likeness (QED) is 0.369. The third kappa shape index (κ3) is 7.17. The molecule has 2 N–H and O–H groups in total. The zero-order valence-corrected chi connectivity index (χ0v) is 34.4. The number of likely N-dealkylation sites (tertiary alicyclic amines) is 1. The minimum absolute atomic E-state index is 0.0113. The van der Waals surface area contributed by atoms with E-state index in [0.29, 0.717) is 11.8 Å². The average molecular weight is 787 g/mol. The van der Waals surface area contributed by atoms with Gasteiger partial charge in [0.1, 0.15) is 11.7 Å². The van der Waals surface area contributed by atoms with Crippen LogP contribution in [0.1, 0.15) is 37.7 Å². The maximum Gasteiger partial charge on any atom is 0.180 e. The maximum atomic E-state index is 5.76. The first-order valence-corrected chi connectivity index (χ1v) is 22.5. The molecule has 12 nitrogen and oxygen atoms in total. The van der Waals surface area contributed by atoms with Crippen molar-refractivity contribution in [3.8, 4) is 0 Å². The molecule has 8 aliphatic heterocycles. The lowest BCUT2D eigenvalue weighted by Gasteiger charge is -2.44. The SMILES string of the molecule is CN1C(C2CCN(C[C@H]3CC3Cc3ccc(N4CCC5=C(C6CCNC6)NC(N6CCOCC6)N=C54)cc3)C2)=C2CCN(c3ccccc3)C2=NC1N1CCOCC1. The van der Waals surface area contributed by atoms with Crippen LogP contribution in [-0.2, 0) is 15.9 Å². The van der Waals surface area contributed by atoms with Crippen LogP contribution >= 0.6 is 0 Å². The molecule has 0 amide bonds. The lowest BCUT2D eigenvalue weighted by atomic mass is 9.96. The highest BCUT2D eigenvalue weighted by Crippen LogP contribution is 2.44. The first-order valence-electron chi connectivity index (χ1n) is 22.5. The highest BCUT2D eigenvalue weighted by Gasteiger charge is 2.44. The topological polar surface area (TPSA) is 86.7 Å². The molecule has 12 heteroatoms. The summed E-state index contributed by atoms with van der Waals surface area (Å²) in [7, 11) is 2.31. The van der Waals surface area contributed by atoms with Gasteiger partial charge in [0, 0.05) is 112 Å². The summed E-state index contributed by atoms with van der Waals surface area (Å²) in [6, 6.07) is 20.4. The van der Waals surface area contributed by atoms with E-state index in [4.69, 9.17) is 19.5 Å². The summed E-state index contributed by atoms with van der Waals surface area (Å²) in [5.41, 5.74) is 9.90. The third-order valence-electron chi connectivity index (χ3n) is 14.6. The Morgan fingerprint density at radius 1 is 0.707 bits per heavy atom. The Hall–Kier alpha value is -3.78. The van der Waals surface area contributed by atoms with Crippen LogP contribution in [0, 0.1) is 23.7 Å². The van der Waals surface area contributed by atoms with Crippen LogP contribution in [0.4, 0.5) is 11.4 Å². The van der Waals surface area contributed by atoms with E-state index in [1.807, 2.05) is 0 Å². The molecule has 0 radical (unpaired) electrons.